The number of fused-ring (bicyclic) bond motifs is 1. The smallest absolute Gasteiger partial charge is 0.274 e. The van der Waals surface area contributed by atoms with E-state index in [0.29, 0.717) is 17.5 Å². The number of piperidine rings is 1. The van der Waals surface area contributed by atoms with Gasteiger partial charge in [-0.25, -0.2) is 21.6 Å². The van der Waals surface area contributed by atoms with E-state index in [2.05, 4.69) is 4.98 Å². The second kappa shape index (κ2) is 7.34. The molecule has 2 aromatic carbocycles. The lowest BCUT2D eigenvalue weighted by Crippen LogP contribution is -2.41. The van der Waals surface area contributed by atoms with E-state index in [9.17, 15) is 21.6 Å². The number of aromatic nitrogens is 1. The summed E-state index contributed by atoms with van der Waals surface area (Å²) in [5, 5.41) is 0.214. The minimum absolute atomic E-state index is 0.0486. The first kappa shape index (κ1) is 19.2. The molecule has 1 aromatic heterocycles. The maximum absolute atomic E-state index is 13.8. The summed E-state index contributed by atoms with van der Waals surface area (Å²) < 4.78 is 73.0. The zero-order valence-corrected chi connectivity index (χ0v) is 16.1. The van der Waals surface area contributed by atoms with E-state index in [1.54, 1.807) is 0 Å². The van der Waals surface area contributed by atoms with E-state index in [1.807, 2.05) is 0 Å². The van der Waals surface area contributed by atoms with Crippen LogP contribution in [0.2, 0.25) is 0 Å². The lowest BCUT2D eigenvalue weighted by molar-refractivity contribution is 0.135. The topological polar surface area (TPSA) is 59.5 Å². The third-order valence-corrected chi connectivity index (χ3v) is 7.28. The minimum Gasteiger partial charge on any atom is -0.467 e. The number of hydrogen-bond donors (Lipinski definition) is 0. The molecular formula is C18H15F3N2O3S2. The van der Waals surface area contributed by atoms with Gasteiger partial charge in [-0.05, 0) is 37.1 Å². The number of benzene rings is 2. The fraction of sp³-hybridized carbons (Fsp3) is 0.278. The Labute approximate surface area is 163 Å². The molecule has 28 heavy (non-hydrogen) atoms. The molecule has 0 aliphatic carbocycles. The molecule has 2 heterocycles. The molecule has 3 aromatic rings. The van der Waals surface area contributed by atoms with Crippen molar-refractivity contribution in [2.45, 2.75) is 23.8 Å². The van der Waals surface area contributed by atoms with Gasteiger partial charge in [0.15, 0.2) is 5.82 Å². The first-order chi connectivity index (χ1) is 13.3. The second-order valence-electron chi connectivity index (χ2n) is 6.39. The van der Waals surface area contributed by atoms with Gasteiger partial charge in [-0.15, -0.1) is 0 Å². The molecule has 0 bridgehead atoms. The van der Waals surface area contributed by atoms with Crippen molar-refractivity contribution in [1.29, 1.82) is 0 Å². The Hall–Kier alpha value is -2.17. The van der Waals surface area contributed by atoms with Crippen LogP contribution in [0.15, 0.2) is 41.3 Å². The van der Waals surface area contributed by atoms with Crippen LogP contribution in [0, 0.1) is 17.5 Å². The highest BCUT2D eigenvalue weighted by atomic mass is 32.2. The Morgan fingerprint density at radius 1 is 1.07 bits per heavy atom. The Morgan fingerprint density at radius 2 is 1.82 bits per heavy atom. The number of hydrogen-bond acceptors (Lipinski definition) is 5. The standard InChI is InChI=1S/C18H15F3N2O3S2/c19-11-2-1-3-14(8-11)28(24,25)23-6-4-13(5-7-23)26-18-22-17-15(21)9-12(20)10-16(17)27-18/h1-3,8-10,13H,4-7H2. The summed E-state index contributed by atoms with van der Waals surface area (Å²) in [4.78, 5) is 3.97. The predicted octanol–water partition coefficient (Wildman–Crippen LogP) is 3.95. The molecule has 0 unspecified atom stereocenters. The largest absolute Gasteiger partial charge is 0.467 e. The highest BCUT2D eigenvalue weighted by molar-refractivity contribution is 7.89. The number of rotatable bonds is 4. The number of thiazole rings is 1. The second-order valence-corrected chi connectivity index (χ2v) is 9.32. The van der Waals surface area contributed by atoms with Crippen molar-refractivity contribution in [3.05, 3.63) is 53.8 Å². The van der Waals surface area contributed by atoms with Gasteiger partial charge >= 0.3 is 0 Å². The molecule has 1 aliphatic heterocycles. The molecule has 148 valence electrons. The fourth-order valence-electron chi connectivity index (χ4n) is 3.10. The van der Waals surface area contributed by atoms with Crippen LogP contribution in [-0.4, -0.2) is 36.9 Å². The molecule has 1 fully saturated rings. The van der Waals surface area contributed by atoms with Gasteiger partial charge in [0.05, 0.1) is 9.60 Å². The average Bonchev–Trinajstić information content (AvgIpc) is 3.05. The van der Waals surface area contributed by atoms with Crippen molar-refractivity contribution in [1.82, 2.24) is 9.29 Å². The Balaban J connectivity index is 1.44. The molecule has 1 aliphatic rings. The molecule has 0 spiro atoms. The molecule has 0 saturated carbocycles. The van der Waals surface area contributed by atoms with Gasteiger partial charge in [0, 0.05) is 19.2 Å². The molecule has 4 rings (SSSR count). The first-order valence-corrected chi connectivity index (χ1v) is 10.8. The summed E-state index contributed by atoms with van der Waals surface area (Å²) >= 11 is 1.04. The van der Waals surface area contributed by atoms with Crippen LogP contribution in [0.1, 0.15) is 12.8 Å². The monoisotopic (exact) mass is 428 g/mol. The maximum Gasteiger partial charge on any atom is 0.274 e. The molecule has 0 amide bonds. The van der Waals surface area contributed by atoms with Crippen LogP contribution in [0.5, 0.6) is 5.19 Å². The zero-order valence-electron chi connectivity index (χ0n) is 14.4. The van der Waals surface area contributed by atoms with Gasteiger partial charge in [0.2, 0.25) is 10.0 Å². The average molecular weight is 428 g/mol. The van der Waals surface area contributed by atoms with Gasteiger partial charge in [0.25, 0.3) is 5.19 Å². The lowest BCUT2D eigenvalue weighted by Gasteiger charge is -2.30. The van der Waals surface area contributed by atoms with Crippen LogP contribution in [0.4, 0.5) is 13.2 Å². The third kappa shape index (κ3) is 3.71. The molecule has 1 saturated heterocycles. The number of halogens is 3. The molecular weight excluding hydrogens is 413 g/mol. The van der Waals surface area contributed by atoms with E-state index in [4.69, 9.17) is 4.74 Å². The summed E-state index contributed by atoms with van der Waals surface area (Å²) in [6.45, 7) is 0.412. The molecule has 5 nitrogen and oxygen atoms in total. The maximum atomic E-state index is 13.8. The lowest BCUT2D eigenvalue weighted by atomic mass is 10.1. The van der Waals surface area contributed by atoms with Gasteiger partial charge in [0.1, 0.15) is 23.3 Å². The van der Waals surface area contributed by atoms with Gasteiger partial charge in [-0.3, -0.25) is 0 Å². The van der Waals surface area contributed by atoms with Crippen molar-refractivity contribution in [2.75, 3.05) is 13.1 Å². The normalized spacial score (nSPS) is 16.5. The highest BCUT2D eigenvalue weighted by Gasteiger charge is 2.31. The summed E-state index contributed by atoms with van der Waals surface area (Å²) in [6, 6.07) is 6.85. The van der Waals surface area contributed by atoms with Crippen molar-refractivity contribution >= 4 is 31.6 Å². The molecule has 10 heteroatoms. The third-order valence-electron chi connectivity index (χ3n) is 4.50. The van der Waals surface area contributed by atoms with Crippen molar-refractivity contribution in [2.24, 2.45) is 0 Å². The summed E-state index contributed by atoms with van der Waals surface area (Å²) in [7, 11) is -3.78. The van der Waals surface area contributed by atoms with E-state index in [0.717, 1.165) is 23.5 Å². The van der Waals surface area contributed by atoms with E-state index >= 15 is 0 Å². The first-order valence-electron chi connectivity index (χ1n) is 8.51. The Kier molecular flexibility index (Phi) is 5.02. The van der Waals surface area contributed by atoms with Crippen LogP contribution in [0.25, 0.3) is 10.2 Å². The van der Waals surface area contributed by atoms with Crippen LogP contribution in [-0.2, 0) is 10.0 Å². The Morgan fingerprint density at radius 3 is 2.54 bits per heavy atom. The minimum atomic E-state index is -3.78. The van der Waals surface area contributed by atoms with Gasteiger partial charge in [-0.1, -0.05) is 17.4 Å². The quantitative estimate of drug-likeness (QED) is 0.632. The van der Waals surface area contributed by atoms with Crippen molar-refractivity contribution in [3.8, 4) is 5.19 Å². The zero-order chi connectivity index (χ0) is 19.9. The number of nitrogens with zero attached hydrogens (tertiary/aromatic N) is 2. The van der Waals surface area contributed by atoms with Crippen molar-refractivity contribution < 1.29 is 26.3 Å². The molecule has 0 atom stereocenters. The molecule has 0 radical (unpaired) electrons. The SMILES string of the molecule is O=S(=O)(c1cccc(F)c1)N1CCC(Oc2nc3c(F)cc(F)cc3s2)CC1. The van der Waals surface area contributed by atoms with Crippen molar-refractivity contribution in [3.63, 3.8) is 0 Å². The number of ether oxygens (including phenoxy) is 1. The van der Waals surface area contributed by atoms with Gasteiger partial charge in [-0.2, -0.15) is 9.29 Å². The van der Waals surface area contributed by atoms with E-state index < -0.39 is 27.5 Å². The molecule has 0 N–H and O–H groups in total. The summed E-state index contributed by atoms with van der Waals surface area (Å²) in [6.07, 6.45) is 0.509. The van der Waals surface area contributed by atoms with Crippen LogP contribution >= 0.6 is 11.3 Å². The van der Waals surface area contributed by atoms with Crippen LogP contribution in [0.3, 0.4) is 0 Å². The number of sulfonamides is 1. The summed E-state index contributed by atoms with van der Waals surface area (Å²) in [5.41, 5.74) is 0.0486. The Bertz CT molecular complexity index is 1130. The van der Waals surface area contributed by atoms with Gasteiger partial charge < -0.3 is 4.74 Å². The highest BCUT2D eigenvalue weighted by Crippen LogP contribution is 2.32. The summed E-state index contributed by atoms with van der Waals surface area (Å²) in [5.74, 6) is -2.05. The predicted molar refractivity (Wildman–Crippen MR) is 98.3 cm³/mol. The van der Waals surface area contributed by atoms with E-state index in [1.165, 1.54) is 28.6 Å². The van der Waals surface area contributed by atoms with Crippen LogP contribution < -0.4 is 4.74 Å². The fourth-order valence-corrected chi connectivity index (χ4v) is 5.52. The van der Waals surface area contributed by atoms with E-state index in [-0.39, 0.29) is 34.8 Å².